The van der Waals surface area contributed by atoms with E-state index in [1.165, 1.54) is 0 Å². The molecule has 2 bridgehead atoms. The van der Waals surface area contributed by atoms with Gasteiger partial charge in [-0.1, -0.05) is 41.9 Å². The van der Waals surface area contributed by atoms with Gasteiger partial charge in [0.05, 0.1) is 45.5 Å². The number of allylic oxidation sites excluding steroid dienone is 1. The van der Waals surface area contributed by atoms with Crippen molar-refractivity contribution < 1.29 is 18.7 Å². The first-order valence-electron chi connectivity index (χ1n) is 17.4. The maximum absolute atomic E-state index is 17.3. The molecular weight excluding hydrogens is 690 g/mol. The predicted octanol–water partition coefficient (Wildman–Crippen LogP) is 9.45. The Morgan fingerprint density at radius 2 is 2.02 bits per heavy atom. The van der Waals surface area contributed by atoms with Crippen molar-refractivity contribution in [2.75, 3.05) is 19.6 Å². The molecule has 3 aliphatic heterocycles. The first-order chi connectivity index (χ1) is 24.2. The maximum atomic E-state index is 17.3. The summed E-state index contributed by atoms with van der Waals surface area (Å²) in [6, 6.07) is 10.4. The number of ether oxygens (including phenoxy) is 1. The van der Waals surface area contributed by atoms with E-state index in [4.69, 9.17) is 32.9 Å². The molecule has 51 heavy (non-hydrogen) atoms. The molecule has 0 radical (unpaired) electrons. The van der Waals surface area contributed by atoms with E-state index in [1.807, 2.05) is 50.5 Å². The lowest BCUT2D eigenvalue weighted by molar-refractivity contribution is 0.0208. The van der Waals surface area contributed by atoms with Crippen LogP contribution in [0.1, 0.15) is 82.9 Å². The number of halogens is 3. The van der Waals surface area contributed by atoms with E-state index in [-0.39, 0.29) is 70.1 Å². The van der Waals surface area contributed by atoms with Gasteiger partial charge in [0.2, 0.25) is 0 Å². The van der Waals surface area contributed by atoms with Crippen molar-refractivity contribution in [3.05, 3.63) is 69.7 Å². The van der Waals surface area contributed by atoms with Gasteiger partial charge in [-0.3, -0.25) is 0 Å². The summed E-state index contributed by atoms with van der Waals surface area (Å²) in [6.45, 7) is 15.4. The minimum absolute atomic E-state index is 0.114. The van der Waals surface area contributed by atoms with Crippen molar-refractivity contribution in [1.29, 1.82) is 5.26 Å². The molecule has 1 saturated carbocycles. The van der Waals surface area contributed by atoms with Crippen LogP contribution in [0.3, 0.4) is 0 Å². The van der Waals surface area contributed by atoms with E-state index in [0.29, 0.717) is 47.4 Å². The van der Waals surface area contributed by atoms with Crippen LogP contribution in [0.2, 0.25) is 10.0 Å². The SMILES string of the molecule is C=C(C)c1nc2c(F)c(-c3cccc(Cl)c3Cl)c(CCC#N)cc2c2c1cc([C@@H](C)N1CCCNC1=O)n2[C@H]1[C@@H]2C[C@H]1N(C(=O)OC(C)(C)C)C2. The van der Waals surface area contributed by atoms with Crippen LogP contribution in [0.5, 0.6) is 0 Å². The van der Waals surface area contributed by atoms with Crippen LogP contribution in [0, 0.1) is 23.1 Å². The van der Waals surface area contributed by atoms with Crippen molar-refractivity contribution in [3.63, 3.8) is 0 Å². The van der Waals surface area contributed by atoms with Crippen LogP contribution in [0.25, 0.3) is 38.5 Å². The highest BCUT2D eigenvalue weighted by Crippen LogP contribution is 2.54. The number of aryl methyl sites for hydroxylation is 1. The summed E-state index contributed by atoms with van der Waals surface area (Å²) in [5.41, 5.74) is 3.56. The van der Waals surface area contributed by atoms with Crippen LogP contribution < -0.4 is 5.32 Å². The summed E-state index contributed by atoms with van der Waals surface area (Å²) in [6.07, 6.45) is 1.67. The molecule has 266 valence electrons. The highest BCUT2D eigenvalue weighted by Gasteiger charge is 2.56. The second-order valence-electron chi connectivity index (χ2n) is 15.0. The molecule has 9 nitrogen and oxygen atoms in total. The third-order valence-corrected chi connectivity index (χ3v) is 11.3. The first kappa shape index (κ1) is 35.1. The lowest BCUT2D eigenvalue weighted by Gasteiger charge is -2.41. The molecule has 3 amide bonds. The summed E-state index contributed by atoms with van der Waals surface area (Å²) in [5.74, 6) is -0.457. The Hall–Kier alpha value is -4.33. The number of hydrogen-bond donors (Lipinski definition) is 1. The van der Waals surface area contributed by atoms with E-state index in [0.717, 1.165) is 29.4 Å². The van der Waals surface area contributed by atoms with Gasteiger partial charge in [0.25, 0.3) is 0 Å². The van der Waals surface area contributed by atoms with Crippen LogP contribution in [-0.4, -0.2) is 62.8 Å². The molecule has 1 N–H and O–H groups in total. The van der Waals surface area contributed by atoms with Crippen molar-refractivity contribution in [1.82, 2.24) is 24.7 Å². The van der Waals surface area contributed by atoms with Crippen molar-refractivity contribution >= 4 is 62.7 Å². The van der Waals surface area contributed by atoms with Crippen molar-refractivity contribution in [2.24, 2.45) is 5.92 Å². The lowest BCUT2D eigenvalue weighted by atomic mass is 9.79. The minimum Gasteiger partial charge on any atom is -0.444 e. The molecule has 4 fully saturated rings. The van der Waals surface area contributed by atoms with Gasteiger partial charge in [-0.25, -0.2) is 19.0 Å². The zero-order chi connectivity index (χ0) is 36.5. The normalized spacial score (nSPS) is 20.7. The second-order valence-corrected chi connectivity index (χ2v) is 15.7. The fraction of sp³-hybridized carbons (Fsp3) is 0.436. The second kappa shape index (κ2) is 13.0. The number of nitriles is 1. The molecule has 12 heteroatoms. The number of nitrogens with zero attached hydrogens (tertiary/aromatic N) is 5. The smallest absolute Gasteiger partial charge is 0.410 e. The van der Waals surface area contributed by atoms with Gasteiger partial charge >= 0.3 is 12.1 Å². The average Bonchev–Trinajstić information content (AvgIpc) is 3.78. The number of rotatable bonds is 7. The number of benzene rings is 2. The zero-order valence-corrected chi connectivity index (χ0v) is 31.0. The molecule has 0 spiro atoms. The highest BCUT2D eigenvalue weighted by molar-refractivity contribution is 6.43. The van der Waals surface area contributed by atoms with E-state index in [1.54, 1.807) is 18.2 Å². The van der Waals surface area contributed by atoms with E-state index < -0.39 is 11.4 Å². The Balaban J connectivity index is 1.53. The molecule has 8 rings (SSSR count). The molecule has 4 atom stereocenters. The van der Waals surface area contributed by atoms with Crippen LogP contribution in [0.15, 0.2) is 36.9 Å². The number of carbonyl (C=O) groups is 2. The number of aromatic nitrogens is 2. The van der Waals surface area contributed by atoms with Gasteiger partial charge in [0.1, 0.15) is 11.1 Å². The summed E-state index contributed by atoms with van der Waals surface area (Å²) in [7, 11) is 0. The van der Waals surface area contributed by atoms with Crippen molar-refractivity contribution in [2.45, 2.75) is 84.0 Å². The number of amides is 3. The average molecular weight is 732 g/mol. The van der Waals surface area contributed by atoms with Gasteiger partial charge in [0, 0.05) is 59.6 Å². The van der Waals surface area contributed by atoms with Gasteiger partial charge < -0.3 is 24.4 Å². The molecule has 2 aromatic heterocycles. The zero-order valence-electron chi connectivity index (χ0n) is 29.4. The van der Waals surface area contributed by atoms with Crippen LogP contribution >= 0.6 is 23.2 Å². The van der Waals surface area contributed by atoms with E-state index in [9.17, 15) is 14.9 Å². The standard InChI is InChI=1S/C39H41Cl2FN6O3/c1-20(2)33-26-18-28(21(3)46-15-9-14-44-37(46)49)48(35-23-17-29(35)47(19-23)38(50)51-39(4,5)6)36(26)25-16-22(10-8-13-43)30(32(42)34(25)45-33)24-11-7-12-27(40)31(24)41/h7,11-12,16,18,21,23,29,35H,1,8-10,14-15,17,19H2,2-6H3,(H,44,49)/t21-,23-,29-,35+/m1/s1. The Morgan fingerprint density at radius 1 is 1.25 bits per heavy atom. The summed E-state index contributed by atoms with van der Waals surface area (Å²) in [4.78, 5) is 35.3. The number of nitrogens with one attached hydrogen (secondary N) is 1. The molecular formula is C39H41Cl2FN6O3. The monoisotopic (exact) mass is 730 g/mol. The molecule has 5 heterocycles. The lowest BCUT2D eigenvalue weighted by Crippen LogP contribution is -2.48. The molecule has 1 aliphatic carbocycles. The Kier molecular flexibility index (Phi) is 8.96. The third kappa shape index (κ3) is 5.88. The summed E-state index contributed by atoms with van der Waals surface area (Å²) in [5, 5.41) is 14.4. The maximum Gasteiger partial charge on any atom is 0.410 e. The number of carbonyl (C=O) groups excluding carboxylic acids is 2. The number of hydrogen-bond acceptors (Lipinski definition) is 5. The van der Waals surface area contributed by atoms with E-state index in [2.05, 4.69) is 28.6 Å². The molecule has 4 aliphatic rings. The highest BCUT2D eigenvalue weighted by atomic mass is 35.5. The molecule has 4 aromatic rings. The molecule has 3 saturated heterocycles. The largest absolute Gasteiger partial charge is 0.444 e. The van der Waals surface area contributed by atoms with Crippen LogP contribution in [-0.2, 0) is 11.2 Å². The number of fused-ring (bicyclic) bond motifs is 4. The fourth-order valence-electron chi connectivity index (χ4n) is 8.18. The molecule has 0 unspecified atom stereocenters. The topological polar surface area (TPSA) is 103 Å². The van der Waals surface area contributed by atoms with Crippen LogP contribution in [0.4, 0.5) is 14.0 Å². The Labute approximate surface area is 306 Å². The van der Waals surface area contributed by atoms with E-state index >= 15 is 4.39 Å². The number of urea groups is 1. The minimum atomic E-state index is -0.653. The Bertz CT molecular complexity index is 2170. The summed E-state index contributed by atoms with van der Waals surface area (Å²) < 4.78 is 25.4. The van der Waals surface area contributed by atoms with Gasteiger partial charge in [-0.2, -0.15) is 5.26 Å². The molecule has 2 aromatic carbocycles. The number of pyridine rings is 1. The first-order valence-corrected chi connectivity index (χ1v) is 18.2. The quantitative estimate of drug-likeness (QED) is 0.204. The van der Waals surface area contributed by atoms with Gasteiger partial charge in [-0.05, 0) is 83.2 Å². The predicted molar refractivity (Wildman–Crippen MR) is 198 cm³/mol. The van der Waals surface area contributed by atoms with Gasteiger partial charge in [0.15, 0.2) is 5.82 Å². The van der Waals surface area contributed by atoms with Crippen molar-refractivity contribution in [3.8, 4) is 17.2 Å². The summed E-state index contributed by atoms with van der Waals surface area (Å²) >= 11 is 13.1. The fourth-order valence-corrected chi connectivity index (χ4v) is 8.57. The third-order valence-electron chi connectivity index (χ3n) is 10.4. The Morgan fingerprint density at radius 3 is 2.71 bits per heavy atom. The van der Waals surface area contributed by atoms with Gasteiger partial charge in [-0.15, -0.1) is 0 Å².